The third kappa shape index (κ3) is 3.82. The molecule has 3 atom stereocenters. The molecule has 2 heterocycles. The van der Waals surface area contributed by atoms with Crippen LogP contribution in [-0.4, -0.2) is 42.5 Å². The number of amides is 2. The van der Waals surface area contributed by atoms with E-state index in [1.165, 1.54) is 48.1 Å². The first-order valence-electron chi connectivity index (χ1n) is 8.88. The van der Waals surface area contributed by atoms with Crippen molar-refractivity contribution in [3.63, 3.8) is 0 Å². The van der Waals surface area contributed by atoms with Crippen LogP contribution in [0.2, 0.25) is 0 Å². The van der Waals surface area contributed by atoms with Crippen molar-refractivity contribution < 1.29 is 37.3 Å². The fraction of sp³-hybridized carbons (Fsp3) is 0.368. The summed E-state index contributed by atoms with van der Waals surface area (Å²) >= 11 is 0.938. The molecular weight excluding hydrogens is 425 g/mol. The molecule has 1 fully saturated rings. The minimum absolute atomic E-state index is 0.0172. The number of urea groups is 1. The summed E-state index contributed by atoms with van der Waals surface area (Å²) in [5, 5.41) is 15.9. The third-order valence-electron chi connectivity index (χ3n) is 4.70. The van der Waals surface area contributed by atoms with E-state index in [0.717, 1.165) is 11.3 Å². The Bertz CT molecular complexity index is 935. The monoisotopic (exact) mass is 444 g/mol. The average Bonchev–Trinajstić information content (AvgIpc) is 3.21. The van der Waals surface area contributed by atoms with Crippen LogP contribution in [0.3, 0.4) is 0 Å². The molecule has 11 heteroatoms. The van der Waals surface area contributed by atoms with E-state index >= 15 is 0 Å². The Morgan fingerprint density at radius 2 is 2.03 bits per heavy atom. The standard InChI is InChI=1S/C19H19F3N2O5S/c1-3-29-11-7-6-10(9-12(11)28-2)15-14(16(25)13-5-4-8-30-13)18(27,19(20,21)22)24-17(26)23-15/h4-9,14-15,27H,3H2,1-2H3,(H2,23,24,26)/t14-,15-,18+/m1/s1. The maximum atomic E-state index is 13.9. The Morgan fingerprint density at radius 1 is 1.30 bits per heavy atom. The summed E-state index contributed by atoms with van der Waals surface area (Å²) in [5.74, 6) is -2.50. The maximum absolute atomic E-state index is 13.9. The highest BCUT2D eigenvalue weighted by molar-refractivity contribution is 7.12. The van der Waals surface area contributed by atoms with E-state index in [1.807, 2.05) is 0 Å². The highest BCUT2D eigenvalue weighted by atomic mass is 32.1. The topological polar surface area (TPSA) is 96.9 Å². The highest BCUT2D eigenvalue weighted by Gasteiger charge is 2.66. The number of carbonyl (C=O) groups excluding carboxylic acids is 2. The van der Waals surface area contributed by atoms with Crippen LogP contribution in [0.25, 0.3) is 0 Å². The van der Waals surface area contributed by atoms with Gasteiger partial charge in [0.05, 0.1) is 24.6 Å². The Balaban J connectivity index is 2.14. The molecule has 1 aromatic heterocycles. The summed E-state index contributed by atoms with van der Waals surface area (Å²) in [5.41, 5.74) is -3.63. The van der Waals surface area contributed by atoms with Crippen LogP contribution in [0.15, 0.2) is 35.7 Å². The molecule has 0 spiro atoms. The first-order chi connectivity index (χ1) is 14.1. The highest BCUT2D eigenvalue weighted by Crippen LogP contribution is 2.45. The van der Waals surface area contributed by atoms with Gasteiger partial charge >= 0.3 is 12.2 Å². The summed E-state index contributed by atoms with van der Waals surface area (Å²) < 4.78 is 52.2. The number of benzene rings is 1. The van der Waals surface area contributed by atoms with Crippen molar-refractivity contribution in [2.24, 2.45) is 5.92 Å². The third-order valence-corrected chi connectivity index (χ3v) is 5.58. The molecule has 7 nitrogen and oxygen atoms in total. The van der Waals surface area contributed by atoms with Gasteiger partial charge in [0.15, 0.2) is 17.3 Å². The van der Waals surface area contributed by atoms with Crippen molar-refractivity contribution in [3.05, 3.63) is 46.2 Å². The molecule has 1 saturated heterocycles. The van der Waals surface area contributed by atoms with E-state index in [4.69, 9.17) is 9.47 Å². The molecular formula is C19H19F3N2O5S. The number of ketones is 1. The van der Waals surface area contributed by atoms with Gasteiger partial charge in [0.1, 0.15) is 5.92 Å². The van der Waals surface area contributed by atoms with Crippen molar-refractivity contribution in [1.29, 1.82) is 0 Å². The number of methoxy groups -OCH3 is 1. The van der Waals surface area contributed by atoms with Gasteiger partial charge in [0, 0.05) is 0 Å². The van der Waals surface area contributed by atoms with Crippen LogP contribution in [-0.2, 0) is 0 Å². The van der Waals surface area contributed by atoms with Crippen molar-refractivity contribution in [3.8, 4) is 11.5 Å². The predicted octanol–water partition coefficient (Wildman–Crippen LogP) is 3.26. The normalized spacial score (nSPS) is 24.0. The lowest BCUT2D eigenvalue weighted by molar-refractivity contribution is -0.287. The number of hydrogen-bond acceptors (Lipinski definition) is 6. The fourth-order valence-corrected chi connectivity index (χ4v) is 4.05. The van der Waals surface area contributed by atoms with Crippen LogP contribution >= 0.6 is 11.3 Å². The Kier molecular flexibility index (Phi) is 5.95. The molecule has 1 aromatic carbocycles. The van der Waals surface area contributed by atoms with Crippen molar-refractivity contribution in [2.75, 3.05) is 13.7 Å². The lowest BCUT2D eigenvalue weighted by Gasteiger charge is -2.44. The van der Waals surface area contributed by atoms with E-state index < -0.39 is 35.7 Å². The minimum atomic E-state index is -5.31. The number of carbonyl (C=O) groups is 2. The van der Waals surface area contributed by atoms with Gasteiger partial charge in [0.25, 0.3) is 0 Å². The van der Waals surface area contributed by atoms with E-state index in [1.54, 1.807) is 6.92 Å². The van der Waals surface area contributed by atoms with Crippen LogP contribution in [0.1, 0.15) is 28.2 Å². The largest absolute Gasteiger partial charge is 0.493 e. The van der Waals surface area contributed by atoms with Gasteiger partial charge < -0.3 is 25.2 Å². The number of ether oxygens (including phenoxy) is 2. The van der Waals surface area contributed by atoms with Gasteiger partial charge in [-0.15, -0.1) is 11.3 Å². The van der Waals surface area contributed by atoms with Gasteiger partial charge in [-0.1, -0.05) is 12.1 Å². The second-order valence-electron chi connectivity index (χ2n) is 6.50. The molecule has 3 N–H and O–H groups in total. The first kappa shape index (κ1) is 21.9. The van der Waals surface area contributed by atoms with Gasteiger partial charge in [-0.05, 0) is 36.1 Å². The SMILES string of the molecule is CCOc1ccc([C@H]2NC(=O)N[C@@](O)(C(F)(F)F)[C@H]2C(=O)c2cccs2)cc1OC. The van der Waals surface area contributed by atoms with Crippen LogP contribution in [0.4, 0.5) is 18.0 Å². The Hall–Kier alpha value is -2.79. The summed E-state index contributed by atoms with van der Waals surface area (Å²) in [4.78, 5) is 25.1. The molecule has 0 bridgehead atoms. The van der Waals surface area contributed by atoms with Gasteiger partial charge in [-0.2, -0.15) is 13.2 Å². The quantitative estimate of drug-likeness (QED) is 0.595. The van der Waals surface area contributed by atoms with E-state index in [9.17, 15) is 27.9 Å². The molecule has 30 heavy (non-hydrogen) atoms. The van der Waals surface area contributed by atoms with Crippen LogP contribution < -0.4 is 20.1 Å². The average molecular weight is 444 g/mol. The second kappa shape index (κ2) is 8.15. The molecule has 0 radical (unpaired) electrons. The lowest BCUT2D eigenvalue weighted by atomic mass is 9.78. The molecule has 1 aliphatic rings. The summed E-state index contributed by atoms with van der Waals surface area (Å²) in [6, 6.07) is 4.37. The zero-order valence-corrected chi connectivity index (χ0v) is 16.8. The van der Waals surface area contributed by atoms with Crippen LogP contribution in [0, 0.1) is 5.92 Å². The zero-order chi connectivity index (χ0) is 22.1. The Morgan fingerprint density at radius 3 is 2.60 bits per heavy atom. The molecule has 0 saturated carbocycles. The van der Waals surface area contributed by atoms with E-state index in [-0.39, 0.29) is 16.2 Å². The minimum Gasteiger partial charge on any atom is -0.493 e. The van der Waals surface area contributed by atoms with Gasteiger partial charge in [-0.25, -0.2) is 4.79 Å². The molecule has 2 amide bonds. The summed E-state index contributed by atoms with van der Waals surface area (Å²) in [6.07, 6.45) is -5.31. The number of alkyl halides is 3. The number of aliphatic hydroxyl groups is 1. The zero-order valence-electron chi connectivity index (χ0n) is 15.9. The number of thiophene rings is 1. The van der Waals surface area contributed by atoms with Gasteiger partial charge in [0.2, 0.25) is 5.72 Å². The second-order valence-corrected chi connectivity index (χ2v) is 7.45. The van der Waals surface area contributed by atoms with E-state index in [2.05, 4.69) is 5.32 Å². The fourth-order valence-electron chi connectivity index (χ4n) is 3.34. The number of hydrogen-bond donors (Lipinski definition) is 3. The van der Waals surface area contributed by atoms with Crippen molar-refractivity contribution in [1.82, 2.24) is 10.6 Å². The number of Topliss-reactive ketones (excluding diaryl/α,β-unsaturated/α-hetero) is 1. The van der Waals surface area contributed by atoms with Crippen molar-refractivity contribution in [2.45, 2.75) is 24.9 Å². The lowest BCUT2D eigenvalue weighted by Crippen LogP contribution is -2.72. The molecule has 0 unspecified atom stereocenters. The number of halogens is 3. The van der Waals surface area contributed by atoms with Crippen molar-refractivity contribution >= 4 is 23.2 Å². The number of nitrogens with one attached hydrogen (secondary N) is 2. The first-order valence-corrected chi connectivity index (χ1v) is 9.76. The Labute approximate surface area is 173 Å². The van der Waals surface area contributed by atoms with E-state index in [0.29, 0.717) is 12.4 Å². The molecule has 2 aromatic rings. The van der Waals surface area contributed by atoms with Gasteiger partial charge in [-0.3, -0.25) is 4.79 Å². The molecule has 162 valence electrons. The molecule has 1 aliphatic heterocycles. The summed E-state index contributed by atoms with van der Waals surface area (Å²) in [7, 11) is 1.35. The molecule has 3 rings (SSSR count). The number of rotatable bonds is 6. The summed E-state index contributed by atoms with van der Waals surface area (Å²) in [6.45, 7) is 2.08. The van der Waals surface area contributed by atoms with Crippen LogP contribution in [0.5, 0.6) is 11.5 Å². The predicted molar refractivity (Wildman–Crippen MR) is 102 cm³/mol. The molecule has 0 aliphatic carbocycles. The maximum Gasteiger partial charge on any atom is 0.437 e. The smallest absolute Gasteiger partial charge is 0.437 e.